The monoisotopic (exact) mass is 238 g/mol. The zero-order valence-electron chi connectivity index (χ0n) is 9.45. The lowest BCUT2D eigenvalue weighted by Gasteiger charge is -1.96. The fourth-order valence-corrected chi connectivity index (χ4v) is 1.92. The van der Waals surface area contributed by atoms with Crippen molar-refractivity contribution in [2.45, 2.75) is 0 Å². The number of nitrogens with zero attached hydrogens (tertiary/aromatic N) is 2. The van der Waals surface area contributed by atoms with Gasteiger partial charge in [-0.25, -0.2) is 4.79 Å². The first kappa shape index (κ1) is 10.5. The van der Waals surface area contributed by atoms with Gasteiger partial charge in [-0.05, 0) is 30.3 Å². The lowest BCUT2D eigenvalue weighted by Crippen LogP contribution is -1.96. The molecule has 3 aromatic rings. The van der Waals surface area contributed by atoms with E-state index in [0.717, 1.165) is 16.8 Å². The smallest absolute Gasteiger partial charge is 0.335 e. The average Bonchev–Trinajstić information content (AvgIpc) is 2.82. The molecule has 0 radical (unpaired) electrons. The van der Waals surface area contributed by atoms with Crippen molar-refractivity contribution in [3.8, 4) is 11.3 Å². The van der Waals surface area contributed by atoms with Gasteiger partial charge >= 0.3 is 5.97 Å². The standard InChI is InChI=1S/C14H10N2O2/c17-14(18)10-4-6-16-9-11(8-12(16)7-10)13-3-1-2-5-15-13/h1-9H,(H,17,18). The summed E-state index contributed by atoms with van der Waals surface area (Å²) in [5.74, 6) is -0.918. The van der Waals surface area contributed by atoms with Crippen LogP contribution in [0.5, 0.6) is 0 Å². The van der Waals surface area contributed by atoms with Gasteiger partial charge in [-0.2, -0.15) is 0 Å². The predicted molar refractivity (Wildman–Crippen MR) is 67.6 cm³/mol. The molecule has 3 heterocycles. The van der Waals surface area contributed by atoms with Crippen molar-refractivity contribution in [2.75, 3.05) is 0 Å². The molecule has 0 bridgehead atoms. The van der Waals surface area contributed by atoms with E-state index in [-0.39, 0.29) is 5.56 Å². The van der Waals surface area contributed by atoms with Gasteiger partial charge in [-0.3, -0.25) is 4.98 Å². The van der Waals surface area contributed by atoms with Crippen LogP contribution in [0.1, 0.15) is 10.4 Å². The van der Waals surface area contributed by atoms with Gasteiger partial charge in [-0.1, -0.05) is 6.07 Å². The van der Waals surface area contributed by atoms with Crippen LogP contribution in [0.2, 0.25) is 0 Å². The highest BCUT2D eigenvalue weighted by Crippen LogP contribution is 2.21. The van der Waals surface area contributed by atoms with Crippen molar-refractivity contribution >= 4 is 11.5 Å². The van der Waals surface area contributed by atoms with Crippen LogP contribution >= 0.6 is 0 Å². The molecule has 0 fully saturated rings. The molecule has 4 heteroatoms. The van der Waals surface area contributed by atoms with Crippen molar-refractivity contribution in [3.05, 3.63) is 60.6 Å². The molecule has 0 atom stereocenters. The Morgan fingerprint density at radius 1 is 1.22 bits per heavy atom. The Hall–Kier alpha value is -2.62. The maximum atomic E-state index is 10.9. The molecule has 0 aliphatic heterocycles. The van der Waals surface area contributed by atoms with Gasteiger partial charge in [0.15, 0.2) is 0 Å². The Bertz CT molecular complexity index is 717. The number of rotatable bonds is 2. The van der Waals surface area contributed by atoms with Gasteiger partial charge in [0.25, 0.3) is 0 Å². The minimum Gasteiger partial charge on any atom is -0.478 e. The summed E-state index contributed by atoms with van der Waals surface area (Å²) in [5, 5.41) is 8.95. The van der Waals surface area contributed by atoms with Gasteiger partial charge in [0.1, 0.15) is 0 Å². The fraction of sp³-hybridized carbons (Fsp3) is 0. The Morgan fingerprint density at radius 2 is 2.11 bits per heavy atom. The molecular weight excluding hydrogens is 228 g/mol. The van der Waals surface area contributed by atoms with E-state index in [0.29, 0.717) is 0 Å². The molecule has 0 amide bonds. The Kier molecular flexibility index (Phi) is 2.34. The summed E-state index contributed by atoms with van der Waals surface area (Å²) in [6.45, 7) is 0. The summed E-state index contributed by atoms with van der Waals surface area (Å²) in [4.78, 5) is 15.2. The number of fused-ring (bicyclic) bond motifs is 1. The topological polar surface area (TPSA) is 54.6 Å². The first-order chi connectivity index (χ1) is 8.74. The van der Waals surface area contributed by atoms with Gasteiger partial charge in [-0.15, -0.1) is 0 Å². The number of carboxylic acid groups (broad SMARTS) is 1. The second-order valence-corrected chi connectivity index (χ2v) is 4.00. The van der Waals surface area contributed by atoms with Crippen LogP contribution in [0.15, 0.2) is 55.0 Å². The van der Waals surface area contributed by atoms with Crippen molar-refractivity contribution < 1.29 is 9.90 Å². The Morgan fingerprint density at radius 3 is 2.83 bits per heavy atom. The highest BCUT2D eigenvalue weighted by molar-refractivity contribution is 5.89. The third-order valence-corrected chi connectivity index (χ3v) is 2.81. The molecular formula is C14H10N2O2. The van der Waals surface area contributed by atoms with E-state index < -0.39 is 5.97 Å². The first-order valence-corrected chi connectivity index (χ1v) is 5.50. The van der Waals surface area contributed by atoms with Gasteiger partial charge in [0.05, 0.1) is 11.3 Å². The third kappa shape index (κ3) is 1.73. The van der Waals surface area contributed by atoms with Crippen LogP contribution in [0, 0.1) is 0 Å². The molecule has 88 valence electrons. The molecule has 0 aromatic carbocycles. The minimum absolute atomic E-state index is 0.285. The normalized spacial score (nSPS) is 10.7. The number of hydrogen-bond acceptors (Lipinski definition) is 2. The predicted octanol–water partition coefficient (Wildman–Crippen LogP) is 2.70. The molecule has 0 saturated heterocycles. The van der Waals surface area contributed by atoms with E-state index in [4.69, 9.17) is 5.11 Å². The average molecular weight is 238 g/mol. The summed E-state index contributed by atoms with van der Waals surface area (Å²) in [7, 11) is 0. The van der Waals surface area contributed by atoms with Crippen molar-refractivity contribution in [1.82, 2.24) is 9.38 Å². The Balaban J connectivity index is 2.14. The van der Waals surface area contributed by atoms with Crippen LogP contribution in [-0.4, -0.2) is 20.5 Å². The Labute approximate surface area is 103 Å². The van der Waals surface area contributed by atoms with E-state index in [1.54, 1.807) is 24.5 Å². The quantitative estimate of drug-likeness (QED) is 0.746. The van der Waals surface area contributed by atoms with Crippen LogP contribution in [-0.2, 0) is 0 Å². The third-order valence-electron chi connectivity index (χ3n) is 2.81. The van der Waals surface area contributed by atoms with Crippen LogP contribution in [0.4, 0.5) is 0 Å². The zero-order chi connectivity index (χ0) is 12.5. The van der Waals surface area contributed by atoms with Crippen LogP contribution in [0.25, 0.3) is 16.8 Å². The van der Waals surface area contributed by atoms with Gasteiger partial charge in [0.2, 0.25) is 0 Å². The molecule has 3 rings (SSSR count). The van der Waals surface area contributed by atoms with Crippen molar-refractivity contribution in [3.63, 3.8) is 0 Å². The van der Waals surface area contributed by atoms with Crippen LogP contribution < -0.4 is 0 Å². The number of carboxylic acids is 1. The molecule has 0 aliphatic rings. The van der Waals surface area contributed by atoms with Crippen molar-refractivity contribution in [1.29, 1.82) is 0 Å². The largest absolute Gasteiger partial charge is 0.478 e. The number of hydrogen-bond donors (Lipinski definition) is 1. The summed E-state index contributed by atoms with van der Waals surface area (Å²) in [6.07, 6.45) is 5.41. The highest BCUT2D eigenvalue weighted by atomic mass is 16.4. The number of aromatic carboxylic acids is 1. The summed E-state index contributed by atoms with van der Waals surface area (Å²) < 4.78 is 1.89. The van der Waals surface area contributed by atoms with E-state index in [1.807, 2.05) is 34.9 Å². The molecule has 3 aromatic heterocycles. The molecule has 0 aliphatic carbocycles. The molecule has 0 unspecified atom stereocenters. The molecule has 0 spiro atoms. The van der Waals surface area contributed by atoms with Crippen molar-refractivity contribution in [2.24, 2.45) is 0 Å². The van der Waals surface area contributed by atoms with E-state index in [2.05, 4.69) is 4.98 Å². The van der Waals surface area contributed by atoms with Crippen LogP contribution in [0.3, 0.4) is 0 Å². The molecule has 0 saturated carbocycles. The second kappa shape index (κ2) is 4.00. The number of carbonyl (C=O) groups is 1. The summed E-state index contributed by atoms with van der Waals surface area (Å²) in [5.41, 5.74) is 2.97. The van der Waals surface area contributed by atoms with E-state index in [9.17, 15) is 4.79 Å². The molecule has 18 heavy (non-hydrogen) atoms. The lowest BCUT2D eigenvalue weighted by atomic mass is 10.2. The summed E-state index contributed by atoms with van der Waals surface area (Å²) in [6, 6.07) is 10.9. The van der Waals surface area contributed by atoms with Gasteiger partial charge < -0.3 is 9.51 Å². The highest BCUT2D eigenvalue weighted by Gasteiger charge is 2.06. The number of pyridine rings is 2. The second-order valence-electron chi connectivity index (χ2n) is 4.00. The lowest BCUT2D eigenvalue weighted by molar-refractivity contribution is 0.0697. The molecule has 1 N–H and O–H groups in total. The zero-order valence-corrected chi connectivity index (χ0v) is 9.45. The minimum atomic E-state index is -0.918. The molecule has 4 nitrogen and oxygen atoms in total. The van der Waals surface area contributed by atoms with Gasteiger partial charge in [0, 0.05) is 29.7 Å². The fourth-order valence-electron chi connectivity index (χ4n) is 1.92. The maximum absolute atomic E-state index is 10.9. The first-order valence-electron chi connectivity index (χ1n) is 5.50. The van der Waals surface area contributed by atoms with E-state index in [1.165, 1.54) is 0 Å². The maximum Gasteiger partial charge on any atom is 0.335 e. The van der Waals surface area contributed by atoms with E-state index >= 15 is 0 Å². The number of aromatic nitrogens is 2. The summed E-state index contributed by atoms with van der Waals surface area (Å²) >= 11 is 0. The SMILES string of the molecule is O=C(O)c1ccn2cc(-c3ccccn3)cc2c1.